The van der Waals surface area contributed by atoms with E-state index in [4.69, 9.17) is 9.47 Å². The van der Waals surface area contributed by atoms with Crippen molar-refractivity contribution in [1.29, 1.82) is 0 Å². The summed E-state index contributed by atoms with van der Waals surface area (Å²) >= 11 is 0. The molecule has 5 rings (SSSR count). The quantitative estimate of drug-likeness (QED) is 0.845. The number of hydrogen-bond donors (Lipinski definition) is 1. The normalized spacial score (nSPS) is 34.3. The zero-order valence-corrected chi connectivity index (χ0v) is 14.6. The summed E-state index contributed by atoms with van der Waals surface area (Å²) in [6, 6.07) is 5.77. The SMILES string of the molecule is O=C(NS(=O)(=O)CCc1ccc2c(c1)CCO2)[C@@H]1C[C@@H]2O[C@H]1[C@H]1C[C@H]12. The van der Waals surface area contributed by atoms with Gasteiger partial charge in [0.05, 0.1) is 30.5 Å². The molecule has 1 amide bonds. The Morgan fingerprint density at radius 2 is 2.12 bits per heavy atom. The van der Waals surface area contributed by atoms with Gasteiger partial charge in [0.15, 0.2) is 0 Å². The second-order valence-corrected chi connectivity index (χ2v) is 9.46. The maximum atomic E-state index is 12.4. The Hall–Kier alpha value is -1.60. The Morgan fingerprint density at radius 1 is 1.24 bits per heavy atom. The van der Waals surface area contributed by atoms with E-state index in [1.165, 1.54) is 0 Å². The smallest absolute Gasteiger partial charge is 0.239 e. The predicted octanol–water partition coefficient (Wildman–Crippen LogP) is 1.03. The molecule has 1 N–H and O–H groups in total. The molecule has 1 saturated carbocycles. The molecule has 0 aromatic heterocycles. The molecule has 5 atom stereocenters. The van der Waals surface area contributed by atoms with Crippen molar-refractivity contribution < 1.29 is 22.7 Å². The highest BCUT2D eigenvalue weighted by Crippen LogP contribution is 2.60. The molecule has 2 saturated heterocycles. The number of rotatable bonds is 5. The lowest BCUT2D eigenvalue weighted by Gasteiger charge is -2.18. The molecule has 0 spiro atoms. The molecular formula is C18H21NO5S. The lowest BCUT2D eigenvalue weighted by molar-refractivity contribution is -0.125. The van der Waals surface area contributed by atoms with E-state index in [9.17, 15) is 13.2 Å². The number of benzene rings is 1. The van der Waals surface area contributed by atoms with Gasteiger partial charge in [-0.25, -0.2) is 8.42 Å². The van der Waals surface area contributed by atoms with Crippen molar-refractivity contribution in [2.75, 3.05) is 12.4 Å². The highest BCUT2D eigenvalue weighted by Gasteiger charge is 2.64. The molecule has 134 valence electrons. The molecule has 25 heavy (non-hydrogen) atoms. The van der Waals surface area contributed by atoms with Gasteiger partial charge in [-0.15, -0.1) is 0 Å². The van der Waals surface area contributed by atoms with Crippen molar-refractivity contribution in [2.45, 2.75) is 37.9 Å². The van der Waals surface area contributed by atoms with E-state index < -0.39 is 10.0 Å². The van der Waals surface area contributed by atoms with E-state index in [1.807, 2.05) is 18.2 Å². The summed E-state index contributed by atoms with van der Waals surface area (Å²) in [5.41, 5.74) is 2.07. The summed E-state index contributed by atoms with van der Waals surface area (Å²) in [6.45, 7) is 0.681. The number of sulfonamides is 1. The van der Waals surface area contributed by atoms with Gasteiger partial charge in [0.1, 0.15) is 5.75 Å². The van der Waals surface area contributed by atoms with E-state index in [0.29, 0.717) is 31.3 Å². The number of nitrogens with one attached hydrogen (secondary N) is 1. The van der Waals surface area contributed by atoms with Gasteiger partial charge >= 0.3 is 0 Å². The topological polar surface area (TPSA) is 81.7 Å². The summed E-state index contributed by atoms with van der Waals surface area (Å²) in [4.78, 5) is 12.4. The van der Waals surface area contributed by atoms with E-state index >= 15 is 0 Å². The van der Waals surface area contributed by atoms with Gasteiger partial charge < -0.3 is 9.47 Å². The number of fused-ring (bicyclic) bond motifs is 6. The lowest BCUT2D eigenvalue weighted by Crippen LogP contribution is -2.41. The highest BCUT2D eigenvalue weighted by molar-refractivity contribution is 7.90. The standard InChI is InChI=1S/C18H21NO5S/c20-18(14-9-16-12-8-13(12)17(14)24-16)19-25(21,22)6-4-10-1-2-15-11(7-10)3-5-23-15/h1-2,7,12-14,16-17H,3-6,8-9H2,(H,19,20)/t12-,13+,14-,16+,17+/m1/s1. The average molecular weight is 363 g/mol. The molecule has 4 aliphatic rings. The minimum absolute atomic E-state index is 0.0677. The van der Waals surface area contributed by atoms with Crippen molar-refractivity contribution in [3.05, 3.63) is 29.3 Å². The molecule has 1 aromatic carbocycles. The number of ether oxygens (including phenoxy) is 2. The molecule has 1 aliphatic carbocycles. The fraction of sp³-hybridized carbons (Fsp3) is 0.611. The van der Waals surface area contributed by atoms with Gasteiger partial charge in [0, 0.05) is 6.42 Å². The second-order valence-electron chi connectivity index (χ2n) is 7.62. The van der Waals surface area contributed by atoms with E-state index in [2.05, 4.69) is 4.72 Å². The van der Waals surface area contributed by atoms with Crippen LogP contribution in [0, 0.1) is 17.8 Å². The van der Waals surface area contributed by atoms with Crippen LogP contribution < -0.4 is 9.46 Å². The molecule has 6 nitrogen and oxygen atoms in total. The van der Waals surface area contributed by atoms with Gasteiger partial charge in [0.2, 0.25) is 15.9 Å². The number of aryl methyl sites for hydroxylation is 1. The fourth-order valence-electron chi connectivity index (χ4n) is 4.64. The van der Waals surface area contributed by atoms with Gasteiger partial charge in [-0.05, 0) is 48.3 Å². The van der Waals surface area contributed by atoms with Crippen molar-refractivity contribution >= 4 is 15.9 Å². The van der Waals surface area contributed by atoms with Crippen LogP contribution in [0.25, 0.3) is 0 Å². The van der Waals surface area contributed by atoms with Crippen molar-refractivity contribution in [1.82, 2.24) is 4.72 Å². The molecule has 0 radical (unpaired) electrons. The first-order valence-corrected chi connectivity index (χ1v) is 10.6. The van der Waals surface area contributed by atoms with Gasteiger partial charge in [-0.1, -0.05) is 12.1 Å². The first kappa shape index (κ1) is 15.6. The van der Waals surface area contributed by atoms with Gasteiger partial charge in [-0.2, -0.15) is 0 Å². The molecule has 0 unspecified atom stereocenters. The van der Waals surface area contributed by atoms with Crippen molar-refractivity contribution in [3.8, 4) is 5.75 Å². The average Bonchev–Trinajstić information content (AvgIpc) is 2.94. The van der Waals surface area contributed by atoms with Crippen LogP contribution in [0.4, 0.5) is 0 Å². The predicted molar refractivity (Wildman–Crippen MR) is 89.6 cm³/mol. The minimum atomic E-state index is -3.64. The molecule has 3 heterocycles. The van der Waals surface area contributed by atoms with Gasteiger partial charge in [0.25, 0.3) is 0 Å². The third-order valence-corrected chi connectivity index (χ3v) is 7.27. The Morgan fingerprint density at radius 3 is 2.92 bits per heavy atom. The fourth-order valence-corrected chi connectivity index (χ4v) is 5.70. The van der Waals surface area contributed by atoms with E-state index in [-0.39, 0.29) is 29.8 Å². The van der Waals surface area contributed by atoms with Crippen LogP contribution in [0.2, 0.25) is 0 Å². The maximum absolute atomic E-state index is 12.4. The van der Waals surface area contributed by atoms with Gasteiger partial charge in [-0.3, -0.25) is 9.52 Å². The second kappa shape index (κ2) is 5.45. The molecule has 3 fully saturated rings. The van der Waals surface area contributed by atoms with E-state index in [1.54, 1.807) is 0 Å². The summed E-state index contributed by atoms with van der Waals surface area (Å²) in [5, 5.41) is 0. The molecule has 2 bridgehead atoms. The van der Waals surface area contributed by atoms with Crippen molar-refractivity contribution in [3.63, 3.8) is 0 Å². The summed E-state index contributed by atoms with van der Waals surface area (Å²) in [5.74, 6) is 1.20. The highest BCUT2D eigenvalue weighted by atomic mass is 32.2. The van der Waals surface area contributed by atoms with Crippen LogP contribution in [-0.4, -0.2) is 38.9 Å². The molecule has 3 aliphatic heterocycles. The Kier molecular flexibility index (Phi) is 3.41. The van der Waals surface area contributed by atoms with Crippen LogP contribution in [-0.2, 0) is 32.4 Å². The molecular weight excluding hydrogens is 342 g/mol. The zero-order chi connectivity index (χ0) is 17.2. The van der Waals surface area contributed by atoms with Crippen LogP contribution in [0.15, 0.2) is 18.2 Å². The third kappa shape index (κ3) is 2.73. The largest absolute Gasteiger partial charge is 0.493 e. The molecule has 7 heteroatoms. The van der Waals surface area contributed by atoms with Crippen LogP contribution in [0.5, 0.6) is 5.75 Å². The lowest BCUT2D eigenvalue weighted by atomic mass is 9.89. The number of carbonyl (C=O) groups excluding carboxylic acids is 1. The summed E-state index contributed by atoms with van der Waals surface area (Å²) in [7, 11) is -3.64. The zero-order valence-electron chi connectivity index (χ0n) is 13.8. The minimum Gasteiger partial charge on any atom is -0.493 e. The number of amides is 1. The van der Waals surface area contributed by atoms with Crippen molar-refractivity contribution in [2.24, 2.45) is 17.8 Å². The van der Waals surface area contributed by atoms with E-state index in [0.717, 1.165) is 29.7 Å². The third-order valence-electron chi connectivity index (χ3n) is 6.01. The van der Waals surface area contributed by atoms with Crippen LogP contribution in [0.3, 0.4) is 0 Å². The van der Waals surface area contributed by atoms with Crippen LogP contribution >= 0.6 is 0 Å². The first-order chi connectivity index (χ1) is 12.0. The number of hydrogen-bond acceptors (Lipinski definition) is 5. The summed E-state index contributed by atoms with van der Waals surface area (Å²) < 4.78 is 38.1. The molecule has 1 aromatic rings. The monoisotopic (exact) mass is 363 g/mol. The Balaban J connectivity index is 1.20. The first-order valence-electron chi connectivity index (χ1n) is 8.94. The summed E-state index contributed by atoms with van der Waals surface area (Å²) in [6.07, 6.45) is 3.14. The maximum Gasteiger partial charge on any atom is 0.239 e. The Labute approximate surface area is 146 Å². The van der Waals surface area contributed by atoms with Crippen LogP contribution in [0.1, 0.15) is 24.0 Å². The number of carbonyl (C=O) groups is 1. The Bertz CT molecular complexity index is 836.